The molecule has 1 amide bonds. The van der Waals surface area contributed by atoms with Crippen LogP contribution in [-0.2, 0) is 11.3 Å². The Morgan fingerprint density at radius 2 is 1.91 bits per heavy atom. The number of hydrogen-bond acceptors (Lipinski definition) is 4. The van der Waals surface area contributed by atoms with Gasteiger partial charge in [0.1, 0.15) is 6.61 Å². The number of ether oxygens (including phenoxy) is 1. The molecule has 120 valence electrons. The largest absolute Gasteiger partial charge is 0.445 e. The molecule has 5 heteroatoms. The second-order valence-electron chi connectivity index (χ2n) is 4.86. The Morgan fingerprint density at radius 1 is 1.14 bits per heavy atom. The zero-order valence-electron chi connectivity index (χ0n) is 13.3. The Morgan fingerprint density at radius 3 is 2.68 bits per heavy atom. The Balaban J connectivity index is 1.94. The van der Waals surface area contributed by atoms with Crippen LogP contribution in [0.3, 0.4) is 0 Å². The number of carbonyl (C=O) groups excluding carboxylic acids is 1. The maximum Gasteiger partial charge on any atom is 0.407 e. The van der Waals surface area contributed by atoms with E-state index in [1.165, 1.54) is 0 Å². The van der Waals surface area contributed by atoms with E-state index < -0.39 is 0 Å². The summed E-state index contributed by atoms with van der Waals surface area (Å²) in [5.74, 6) is 0. The third kappa shape index (κ3) is 9.72. The van der Waals surface area contributed by atoms with Gasteiger partial charge in [-0.15, -0.1) is 0 Å². The molecule has 0 aromatic heterocycles. The summed E-state index contributed by atoms with van der Waals surface area (Å²) in [6, 6.07) is 12.3. The summed E-state index contributed by atoms with van der Waals surface area (Å²) in [6.45, 7) is 4.42. The van der Waals surface area contributed by atoms with Gasteiger partial charge in [0.15, 0.2) is 0 Å². The van der Waals surface area contributed by atoms with Crippen LogP contribution in [-0.4, -0.2) is 31.7 Å². The highest BCUT2D eigenvalue weighted by Gasteiger charge is 2.01. The van der Waals surface area contributed by atoms with Gasteiger partial charge in [0.05, 0.1) is 6.01 Å². The topological polar surface area (TPSA) is 63.0 Å². The van der Waals surface area contributed by atoms with Crippen LogP contribution in [0.25, 0.3) is 0 Å². The average molecular weight is 303 g/mol. The lowest BCUT2D eigenvalue weighted by molar-refractivity contribution is 0.139. The first-order valence-corrected chi connectivity index (χ1v) is 7.85. The summed E-state index contributed by atoms with van der Waals surface area (Å²) in [5.41, 5.74) is 0.991. The number of aliphatic imine (C=N–C) groups is 2. The molecule has 0 atom stereocenters. The van der Waals surface area contributed by atoms with Crippen molar-refractivity contribution in [2.75, 3.05) is 19.6 Å². The van der Waals surface area contributed by atoms with Gasteiger partial charge in [-0.1, -0.05) is 43.2 Å². The van der Waals surface area contributed by atoms with E-state index in [0.717, 1.165) is 44.3 Å². The van der Waals surface area contributed by atoms with Gasteiger partial charge in [-0.2, -0.15) is 0 Å². The minimum absolute atomic E-state index is 0.310. The van der Waals surface area contributed by atoms with Crippen LogP contribution in [0.5, 0.6) is 0 Å². The molecule has 1 N–H and O–H groups in total. The van der Waals surface area contributed by atoms with E-state index >= 15 is 0 Å². The van der Waals surface area contributed by atoms with Crippen LogP contribution in [0.4, 0.5) is 4.79 Å². The molecule has 22 heavy (non-hydrogen) atoms. The monoisotopic (exact) mass is 303 g/mol. The molecule has 0 saturated carbocycles. The fourth-order valence-electron chi connectivity index (χ4n) is 1.80. The molecular formula is C17H25N3O2. The van der Waals surface area contributed by atoms with Gasteiger partial charge in [-0.25, -0.2) is 14.8 Å². The van der Waals surface area contributed by atoms with E-state index in [2.05, 4.69) is 21.3 Å². The third-order valence-corrected chi connectivity index (χ3v) is 2.98. The Bertz CT molecular complexity index is 468. The van der Waals surface area contributed by atoms with Crippen molar-refractivity contribution in [1.82, 2.24) is 5.32 Å². The van der Waals surface area contributed by atoms with Crippen molar-refractivity contribution in [1.29, 1.82) is 0 Å². The minimum atomic E-state index is -0.357. The van der Waals surface area contributed by atoms with E-state index in [-0.39, 0.29) is 6.09 Å². The lowest BCUT2D eigenvalue weighted by Crippen LogP contribution is -2.25. The minimum Gasteiger partial charge on any atom is -0.445 e. The first-order valence-electron chi connectivity index (χ1n) is 7.85. The van der Waals surface area contributed by atoms with E-state index in [4.69, 9.17) is 4.74 Å². The molecular weight excluding hydrogens is 278 g/mol. The first kappa shape index (κ1) is 17.9. The van der Waals surface area contributed by atoms with Gasteiger partial charge in [-0.3, -0.25) is 0 Å². The van der Waals surface area contributed by atoms with Gasteiger partial charge in [0, 0.05) is 19.6 Å². The number of nitrogens with one attached hydrogen (secondary N) is 1. The molecule has 1 aromatic carbocycles. The Kier molecular flexibility index (Phi) is 10.3. The molecule has 5 nitrogen and oxygen atoms in total. The van der Waals surface area contributed by atoms with Crippen LogP contribution in [0.2, 0.25) is 0 Å². The average Bonchev–Trinajstić information content (AvgIpc) is 2.55. The standard InChI is InChI=1S/C17H25N3O2/c1-2-18-15-19-12-8-3-4-9-13-20-17(21)22-14-16-10-6-5-7-11-16/h5-7,10-11H,2-4,8-9,12-14H2,1H3,(H,20,21). The lowest BCUT2D eigenvalue weighted by Gasteiger charge is -2.06. The third-order valence-electron chi connectivity index (χ3n) is 2.98. The zero-order chi connectivity index (χ0) is 15.9. The molecule has 1 rings (SSSR count). The molecule has 0 saturated heterocycles. The van der Waals surface area contributed by atoms with Crippen molar-refractivity contribution >= 4 is 12.1 Å². The van der Waals surface area contributed by atoms with Gasteiger partial charge in [-0.05, 0) is 25.3 Å². The summed E-state index contributed by atoms with van der Waals surface area (Å²) in [5, 5.41) is 2.76. The summed E-state index contributed by atoms with van der Waals surface area (Å²) in [4.78, 5) is 19.4. The summed E-state index contributed by atoms with van der Waals surface area (Å²) >= 11 is 0. The van der Waals surface area contributed by atoms with Crippen molar-refractivity contribution in [3.8, 4) is 0 Å². The molecule has 0 radical (unpaired) electrons. The fourth-order valence-corrected chi connectivity index (χ4v) is 1.80. The number of alkyl carbamates (subject to hydrolysis) is 1. The highest BCUT2D eigenvalue weighted by Crippen LogP contribution is 2.01. The quantitative estimate of drug-likeness (QED) is 0.529. The van der Waals surface area contributed by atoms with Crippen molar-refractivity contribution < 1.29 is 9.53 Å². The Hall–Kier alpha value is -2.13. The highest BCUT2D eigenvalue weighted by molar-refractivity contribution is 5.67. The van der Waals surface area contributed by atoms with E-state index in [1.54, 1.807) is 0 Å². The number of unbranched alkanes of at least 4 members (excludes halogenated alkanes) is 3. The smallest absolute Gasteiger partial charge is 0.407 e. The van der Waals surface area contributed by atoms with Crippen molar-refractivity contribution in [3.63, 3.8) is 0 Å². The van der Waals surface area contributed by atoms with Crippen LogP contribution in [0, 0.1) is 0 Å². The normalized spacial score (nSPS) is 9.68. The molecule has 0 unspecified atom stereocenters. The number of carbonyl (C=O) groups is 1. The van der Waals surface area contributed by atoms with Crippen LogP contribution in [0.1, 0.15) is 38.2 Å². The SMILES string of the molecule is CCN=C=NCCCCCCNC(=O)OCc1ccccc1. The molecule has 0 bridgehead atoms. The van der Waals surface area contributed by atoms with Gasteiger partial charge >= 0.3 is 6.09 Å². The molecule has 0 aliphatic carbocycles. The molecule has 0 fully saturated rings. The number of hydrogen-bond donors (Lipinski definition) is 1. The van der Waals surface area contributed by atoms with Crippen molar-refractivity contribution in [2.45, 2.75) is 39.2 Å². The van der Waals surface area contributed by atoms with E-state index in [0.29, 0.717) is 13.2 Å². The number of rotatable bonds is 10. The second-order valence-corrected chi connectivity index (χ2v) is 4.86. The second kappa shape index (κ2) is 12.6. The summed E-state index contributed by atoms with van der Waals surface area (Å²) < 4.78 is 5.13. The molecule has 0 aliphatic heterocycles. The van der Waals surface area contributed by atoms with Crippen molar-refractivity contribution in [3.05, 3.63) is 35.9 Å². The van der Waals surface area contributed by atoms with Gasteiger partial charge in [0.25, 0.3) is 0 Å². The van der Waals surface area contributed by atoms with E-state index in [9.17, 15) is 4.79 Å². The van der Waals surface area contributed by atoms with Gasteiger partial charge in [0.2, 0.25) is 0 Å². The maximum absolute atomic E-state index is 11.5. The lowest BCUT2D eigenvalue weighted by atomic mass is 10.2. The summed E-state index contributed by atoms with van der Waals surface area (Å²) in [7, 11) is 0. The molecule has 0 spiro atoms. The molecule has 0 aliphatic rings. The fraction of sp³-hybridized carbons (Fsp3) is 0.529. The van der Waals surface area contributed by atoms with Crippen LogP contribution < -0.4 is 5.32 Å². The molecule has 0 heterocycles. The predicted molar refractivity (Wildman–Crippen MR) is 88.4 cm³/mol. The summed E-state index contributed by atoms with van der Waals surface area (Å²) in [6.07, 6.45) is 3.79. The highest BCUT2D eigenvalue weighted by atomic mass is 16.5. The number of nitrogens with zero attached hydrogens (tertiary/aromatic N) is 2. The van der Waals surface area contributed by atoms with Crippen LogP contribution in [0.15, 0.2) is 40.3 Å². The number of benzene rings is 1. The maximum atomic E-state index is 11.5. The first-order chi connectivity index (χ1) is 10.8. The van der Waals surface area contributed by atoms with Gasteiger partial charge < -0.3 is 10.1 Å². The van der Waals surface area contributed by atoms with Crippen LogP contribution >= 0.6 is 0 Å². The van der Waals surface area contributed by atoms with Crippen molar-refractivity contribution in [2.24, 2.45) is 9.98 Å². The number of amides is 1. The predicted octanol–water partition coefficient (Wildman–Crippen LogP) is 3.67. The Labute approximate surface area is 132 Å². The van der Waals surface area contributed by atoms with E-state index in [1.807, 2.05) is 37.3 Å². The molecule has 1 aromatic rings. The zero-order valence-corrected chi connectivity index (χ0v) is 13.3.